The maximum Gasteiger partial charge on any atom is 0.410 e. The third-order valence-corrected chi connectivity index (χ3v) is 3.74. The Morgan fingerprint density at radius 1 is 1.45 bits per heavy atom. The van der Waals surface area contributed by atoms with Crippen LogP contribution in [0.25, 0.3) is 11.2 Å². The number of carbonyl (C=O) groups is 1. The molecule has 0 spiro atoms. The molecule has 1 saturated heterocycles. The number of hydrogen-bond donors (Lipinski definition) is 1. The molecule has 1 fully saturated rings. The number of H-pyrrole nitrogens is 1. The number of piperidine rings is 1. The molecule has 118 valence electrons. The van der Waals surface area contributed by atoms with E-state index in [1.165, 1.54) is 0 Å². The molecule has 0 unspecified atom stereocenters. The van der Waals surface area contributed by atoms with Crippen LogP contribution in [-0.2, 0) is 4.74 Å². The number of imidazole rings is 1. The van der Waals surface area contributed by atoms with Crippen molar-refractivity contribution in [2.75, 3.05) is 13.1 Å². The molecule has 6 heteroatoms. The van der Waals surface area contributed by atoms with Gasteiger partial charge in [-0.05, 0) is 45.7 Å². The Labute approximate surface area is 129 Å². The number of amides is 1. The number of aromatic nitrogens is 3. The number of hydrogen-bond acceptors (Lipinski definition) is 4. The standard InChI is InChI=1S/C16H22N4O2/c1-16(2,3)22-15(21)20-9-5-6-11(10-20)13-18-12-7-4-8-17-14(12)19-13/h4,7-8,11H,5-6,9-10H2,1-3H3,(H,17,18,19)/t11-/m0/s1. The molecule has 1 aliphatic heterocycles. The fraction of sp³-hybridized carbons (Fsp3) is 0.562. The van der Waals surface area contributed by atoms with E-state index in [0.717, 1.165) is 36.4 Å². The summed E-state index contributed by atoms with van der Waals surface area (Å²) in [4.78, 5) is 26.1. The first-order valence-corrected chi connectivity index (χ1v) is 7.71. The lowest BCUT2D eigenvalue weighted by Gasteiger charge is -2.33. The van der Waals surface area contributed by atoms with E-state index in [2.05, 4.69) is 15.0 Å². The summed E-state index contributed by atoms with van der Waals surface area (Å²) in [6.45, 7) is 7.03. The van der Waals surface area contributed by atoms with Gasteiger partial charge in [0.15, 0.2) is 5.65 Å². The molecule has 0 bridgehead atoms. The highest BCUT2D eigenvalue weighted by Gasteiger charge is 2.29. The Balaban J connectivity index is 1.74. The molecule has 3 heterocycles. The molecule has 0 aromatic carbocycles. The van der Waals surface area contributed by atoms with E-state index < -0.39 is 5.60 Å². The molecule has 1 aliphatic rings. The van der Waals surface area contributed by atoms with Crippen molar-refractivity contribution in [3.05, 3.63) is 24.2 Å². The van der Waals surface area contributed by atoms with Gasteiger partial charge in [0, 0.05) is 25.2 Å². The number of fused-ring (bicyclic) bond motifs is 1. The summed E-state index contributed by atoms with van der Waals surface area (Å²) >= 11 is 0. The molecule has 1 amide bonds. The lowest BCUT2D eigenvalue weighted by Crippen LogP contribution is -2.42. The minimum absolute atomic E-state index is 0.204. The molecule has 0 saturated carbocycles. The normalized spacial score (nSPS) is 19.4. The van der Waals surface area contributed by atoms with Crippen LogP contribution in [0.3, 0.4) is 0 Å². The van der Waals surface area contributed by atoms with E-state index in [-0.39, 0.29) is 12.0 Å². The lowest BCUT2D eigenvalue weighted by molar-refractivity contribution is 0.0196. The number of aromatic amines is 1. The Hall–Kier alpha value is -2.11. The van der Waals surface area contributed by atoms with Crippen molar-refractivity contribution in [3.63, 3.8) is 0 Å². The molecule has 1 atom stereocenters. The highest BCUT2D eigenvalue weighted by molar-refractivity contribution is 5.70. The summed E-state index contributed by atoms with van der Waals surface area (Å²) in [5.74, 6) is 1.11. The fourth-order valence-electron chi connectivity index (χ4n) is 2.75. The summed E-state index contributed by atoms with van der Waals surface area (Å²) in [7, 11) is 0. The van der Waals surface area contributed by atoms with Crippen molar-refractivity contribution >= 4 is 17.3 Å². The minimum atomic E-state index is -0.465. The highest BCUT2D eigenvalue weighted by Crippen LogP contribution is 2.27. The van der Waals surface area contributed by atoms with Crippen molar-refractivity contribution in [1.82, 2.24) is 19.9 Å². The number of pyridine rings is 1. The monoisotopic (exact) mass is 302 g/mol. The van der Waals surface area contributed by atoms with Crippen molar-refractivity contribution in [2.45, 2.75) is 45.1 Å². The van der Waals surface area contributed by atoms with E-state index in [1.54, 1.807) is 11.1 Å². The van der Waals surface area contributed by atoms with Gasteiger partial charge in [0.05, 0.1) is 5.52 Å². The van der Waals surface area contributed by atoms with Crippen molar-refractivity contribution in [3.8, 4) is 0 Å². The van der Waals surface area contributed by atoms with Crippen LogP contribution in [0, 0.1) is 0 Å². The van der Waals surface area contributed by atoms with Crippen LogP contribution >= 0.6 is 0 Å². The second-order valence-corrected chi connectivity index (χ2v) is 6.76. The molecule has 0 aliphatic carbocycles. The number of carbonyl (C=O) groups excluding carboxylic acids is 1. The minimum Gasteiger partial charge on any atom is -0.444 e. The number of likely N-dealkylation sites (tertiary alicyclic amines) is 1. The lowest BCUT2D eigenvalue weighted by atomic mass is 9.98. The Morgan fingerprint density at radius 2 is 2.27 bits per heavy atom. The van der Waals surface area contributed by atoms with Crippen molar-refractivity contribution in [1.29, 1.82) is 0 Å². The van der Waals surface area contributed by atoms with Gasteiger partial charge in [-0.3, -0.25) is 0 Å². The first kappa shape index (κ1) is 14.8. The maximum atomic E-state index is 12.2. The quantitative estimate of drug-likeness (QED) is 0.878. The Morgan fingerprint density at radius 3 is 3.00 bits per heavy atom. The van der Waals surface area contributed by atoms with Crippen LogP contribution in [0.2, 0.25) is 0 Å². The van der Waals surface area contributed by atoms with Crippen LogP contribution in [0.4, 0.5) is 4.79 Å². The predicted octanol–water partition coefficient (Wildman–Crippen LogP) is 3.07. The van der Waals surface area contributed by atoms with Gasteiger partial charge in [0.25, 0.3) is 0 Å². The number of nitrogens with zero attached hydrogens (tertiary/aromatic N) is 3. The zero-order valence-corrected chi connectivity index (χ0v) is 13.3. The van der Waals surface area contributed by atoms with Crippen LogP contribution < -0.4 is 0 Å². The van der Waals surface area contributed by atoms with Gasteiger partial charge in [-0.2, -0.15) is 0 Å². The van der Waals surface area contributed by atoms with E-state index in [4.69, 9.17) is 4.74 Å². The highest BCUT2D eigenvalue weighted by atomic mass is 16.6. The predicted molar refractivity (Wildman–Crippen MR) is 83.7 cm³/mol. The Kier molecular flexibility index (Phi) is 3.76. The largest absolute Gasteiger partial charge is 0.444 e. The molecular formula is C16H22N4O2. The van der Waals surface area contributed by atoms with Crippen molar-refractivity contribution in [2.24, 2.45) is 0 Å². The van der Waals surface area contributed by atoms with Crippen LogP contribution in [0.15, 0.2) is 18.3 Å². The third kappa shape index (κ3) is 3.21. The third-order valence-electron chi connectivity index (χ3n) is 3.74. The molecule has 22 heavy (non-hydrogen) atoms. The van der Waals surface area contributed by atoms with Crippen LogP contribution in [0.5, 0.6) is 0 Å². The molecule has 2 aromatic rings. The van der Waals surface area contributed by atoms with Gasteiger partial charge < -0.3 is 14.6 Å². The Bertz CT molecular complexity index is 641. The number of ether oxygens (including phenoxy) is 1. The van der Waals surface area contributed by atoms with Gasteiger partial charge in [0.2, 0.25) is 0 Å². The average Bonchev–Trinajstić information content (AvgIpc) is 2.89. The van der Waals surface area contributed by atoms with Gasteiger partial charge in [0.1, 0.15) is 11.4 Å². The molecule has 6 nitrogen and oxygen atoms in total. The number of rotatable bonds is 1. The molecule has 0 radical (unpaired) electrons. The summed E-state index contributed by atoms with van der Waals surface area (Å²) in [6.07, 6.45) is 3.46. The van der Waals surface area contributed by atoms with Crippen LogP contribution in [-0.4, -0.2) is 44.6 Å². The average molecular weight is 302 g/mol. The van der Waals surface area contributed by atoms with Gasteiger partial charge in [-0.1, -0.05) is 0 Å². The van der Waals surface area contributed by atoms with E-state index >= 15 is 0 Å². The maximum absolute atomic E-state index is 12.2. The summed E-state index contributed by atoms with van der Waals surface area (Å²) < 4.78 is 5.46. The topological polar surface area (TPSA) is 71.1 Å². The van der Waals surface area contributed by atoms with E-state index in [1.807, 2.05) is 32.9 Å². The SMILES string of the molecule is CC(C)(C)OC(=O)N1CCC[C@H](c2nc3ncccc3[nH]2)C1. The first-order valence-electron chi connectivity index (χ1n) is 7.71. The zero-order chi connectivity index (χ0) is 15.7. The molecular weight excluding hydrogens is 280 g/mol. The van der Waals surface area contributed by atoms with Crippen LogP contribution in [0.1, 0.15) is 45.4 Å². The summed E-state index contributed by atoms with van der Waals surface area (Å²) in [6, 6.07) is 3.85. The van der Waals surface area contributed by atoms with Crippen molar-refractivity contribution < 1.29 is 9.53 Å². The zero-order valence-electron chi connectivity index (χ0n) is 13.3. The second-order valence-electron chi connectivity index (χ2n) is 6.76. The number of nitrogens with one attached hydrogen (secondary N) is 1. The summed E-state index contributed by atoms with van der Waals surface area (Å²) in [5.41, 5.74) is 1.20. The van der Waals surface area contributed by atoms with E-state index in [9.17, 15) is 4.79 Å². The second kappa shape index (κ2) is 5.59. The van der Waals surface area contributed by atoms with Gasteiger partial charge in [-0.15, -0.1) is 0 Å². The first-order chi connectivity index (χ1) is 10.4. The van der Waals surface area contributed by atoms with Gasteiger partial charge in [-0.25, -0.2) is 14.8 Å². The molecule has 1 N–H and O–H groups in total. The van der Waals surface area contributed by atoms with Gasteiger partial charge >= 0.3 is 6.09 Å². The molecule has 3 rings (SSSR count). The smallest absolute Gasteiger partial charge is 0.410 e. The van der Waals surface area contributed by atoms with E-state index in [0.29, 0.717) is 6.54 Å². The fourth-order valence-corrected chi connectivity index (χ4v) is 2.75. The molecule has 2 aromatic heterocycles. The summed E-state index contributed by atoms with van der Waals surface area (Å²) in [5, 5.41) is 0.